The highest BCUT2D eigenvalue weighted by Gasteiger charge is 2.27. The van der Waals surface area contributed by atoms with E-state index >= 15 is 0 Å². The summed E-state index contributed by atoms with van der Waals surface area (Å²) < 4.78 is 2.84. The second-order valence-corrected chi connectivity index (χ2v) is 10.6. The van der Waals surface area contributed by atoms with Gasteiger partial charge in [-0.05, 0) is 58.1 Å². The van der Waals surface area contributed by atoms with Crippen molar-refractivity contribution in [2.75, 3.05) is 13.1 Å². The first kappa shape index (κ1) is 23.3. The Morgan fingerprint density at radius 2 is 1.79 bits per heavy atom. The van der Waals surface area contributed by atoms with Crippen molar-refractivity contribution in [3.63, 3.8) is 0 Å². The van der Waals surface area contributed by atoms with Gasteiger partial charge >= 0.3 is 0 Å². The van der Waals surface area contributed by atoms with Gasteiger partial charge < -0.3 is 4.90 Å². The van der Waals surface area contributed by atoms with E-state index in [-0.39, 0.29) is 5.91 Å². The van der Waals surface area contributed by atoms with E-state index < -0.39 is 0 Å². The first-order valence-corrected chi connectivity index (χ1v) is 12.9. The van der Waals surface area contributed by atoms with Gasteiger partial charge in [0.05, 0.1) is 12.1 Å². The predicted molar refractivity (Wildman–Crippen MR) is 139 cm³/mol. The minimum absolute atomic E-state index is 0.0955. The molecule has 1 amide bonds. The molecule has 1 fully saturated rings. The summed E-state index contributed by atoms with van der Waals surface area (Å²) in [6.45, 7) is 1.31. The van der Waals surface area contributed by atoms with E-state index in [4.69, 9.17) is 16.6 Å². The molecule has 0 bridgehead atoms. The molecule has 0 atom stereocenters. The van der Waals surface area contributed by atoms with E-state index in [9.17, 15) is 10.0 Å². The van der Waals surface area contributed by atoms with E-state index in [0.717, 1.165) is 60.0 Å². The first-order chi connectivity index (χ1) is 16.4. The zero-order chi connectivity index (χ0) is 23.8. The average Bonchev–Trinajstić information content (AvgIpc) is 2.97. The Labute approximate surface area is 219 Å². The van der Waals surface area contributed by atoms with E-state index in [1.54, 1.807) is 12.1 Å². The fraction of sp³-hybridized carbons (Fsp3) is 0.192. The lowest BCUT2D eigenvalue weighted by atomic mass is 9.88. The number of hydrogen-bond donors (Lipinski definition) is 1. The predicted octanol–water partition coefficient (Wildman–Crippen LogP) is 5.94. The van der Waals surface area contributed by atoms with Crippen LogP contribution in [0.2, 0.25) is 5.02 Å². The first-order valence-electron chi connectivity index (χ1n) is 10.9. The van der Waals surface area contributed by atoms with Crippen LogP contribution in [0.1, 0.15) is 40.8 Å². The van der Waals surface area contributed by atoms with E-state index in [0.29, 0.717) is 24.5 Å². The molecule has 5 nitrogen and oxygen atoms in total. The maximum Gasteiger partial charge on any atom is 0.227 e. The maximum absolute atomic E-state index is 12.9. The molecule has 0 spiro atoms. The van der Waals surface area contributed by atoms with Crippen LogP contribution >= 0.6 is 43.5 Å². The molecule has 0 saturated carbocycles. The highest BCUT2D eigenvalue weighted by Crippen LogP contribution is 2.42. The van der Waals surface area contributed by atoms with Crippen molar-refractivity contribution in [3.05, 3.63) is 96.4 Å². The van der Waals surface area contributed by atoms with Crippen LogP contribution in [-0.4, -0.2) is 34.1 Å². The molecule has 2 aromatic heterocycles. The van der Waals surface area contributed by atoms with E-state index in [2.05, 4.69) is 50.1 Å². The number of pyridine rings is 2. The van der Waals surface area contributed by atoms with Crippen molar-refractivity contribution in [1.29, 1.82) is 0 Å². The Morgan fingerprint density at radius 3 is 2.53 bits per heavy atom. The number of halogens is 3. The third kappa shape index (κ3) is 4.69. The van der Waals surface area contributed by atoms with Crippen molar-refractivity contribution >= 4 is 67.1 Å². The van der Waals surface area contributed by atoms with Crippen molar-refractivity contribution in [1.82, 2.24) is 9.88 Å². The molecule has 172 valence electrons. The minimum Gasteiger partial charge on any atom is -0.342 e. The van der Waals surface area contributed by atoms with Gasteiger partial charge in [0.15, 0.2) is 0 Å². The van der Waals surface area contributed by atoms with Gasteiger partial charge in [0, 0.05) is 66.8 Å². The largest absolute Gasteiger partial charge is 0.342 e. The molecule has 0 radical (unpaired) electrons. The second-order valence-electron chi connectivity index (χ2n) is 8.40. The highest BCUT2D eigenvalue weighted by molar-refractivity contribution is 9.10. The molecule has 2 aliphatic rings. The third-order valence-electron chi connectivity index (χ3n) is 6.21. The van der Waals surface area contributed by atoms with Crippen LogP contribution in [0.15, 0.2) is 63.4 Å². The van der Waals surface area contributed by atoms with Gasteiger partial charge in [-0.2, -0.15) is 0 Å². The maximum atomic E-state index is 12.9. The van der Waals surface area contributed by atoms with E-state index in [1.807, 2.05) is 23.2 Å². The fourth-order valence-electron chi connectivity index (χ4n) is 4.55. The van der Waals surface area contributed by atoms with Crippen LogP contribution in [0.25, 0.3) is 17.7 Å². The molecule has 8 heteroatoms. The number of hydrogen-bond acceptors (Lipinski definition) is 3. The Hall–Kier alpha value is -2.48. The summed E-state index contributed by atoms with van der Waals surface area (Å²) in [6, 6.07) is 9.50. The number of likely N-dealkylation sites (tertiary alicyclic amines) is 1. The second kappa shape index (κ2) is 9.64. The third-order valence-corrected chi connectivity index (χ3v) is 7.49. The lowest BCUT2D eigenvalue weighted by Gasteiger charge is -2.30. The summed E-state index contributed by atoms with van der Waals surface area (Å²) in [7, 11) is 0. The van der Waals surface area contributed by atoms with Gasteiger partial charge in [0.2, 0.25) is 18.3 Å². The van der Waals surface area contributed by atoms with Gasteiger partial charge in [-0.3, -0.25) is 15.0 Å². The van der Waals surface area contributed by atoms with Gasteiger partial charge in [-0.25, -0.2) is 0 Å². The smallest absolute Gasteiger partial charge is 0.227 e. The number of fused-ring (bicyclic) bond motifs is 2. The molecule has 3 heterocycles. The van der Waals surface area contributed by atoms with Crippen LogP contribution in [0.4, 0.5) is 0 Å². The lowest BCUT2D eigenvalue weighted by Crippen LogP contribution is -2.37. The number of carbonyl (C=O) groups is 1. The summed E-state index contributed by atoms with van der Waals surface area (Å²) in [4.78, 5) is 19.6. The summed E-state index contributed by atoms with van der Waals surface area (Å²) >= 11 is 13.7. The Morgan fingerprint density at radius 1 is 1.09 bits per heavy atom. The van der Waals surface area contributed by atoms with Crippen LogP contribution in [-0.2, 0) is 11.2 Å². The zero-order valence-corrected chi connectivity index (χ0v) is 22.1. The molecular weight excluding hydrogens is 582 g/mol. The van der Waals surface area contributed by atoms with Crippen molar-refractivity contribution in [2.24, 2.45) is 0 Å². The van der Waals surface area contributed by atoms with Gasteiger partial charge in [-0.15, -0.1) is 0 Å². The van der Waals surface area contributed by atoms with Crippen LogP contribution in [0, 0.1) is 0 Å². The SMILES string of the molecule is O=C(Cc1cc[n+](O)cc1)N1CCC(=C2c3ncc(Br)cc3C=Cc3cc(Cl)cc(Br)c32)CC1. The molecular formula is C26H21Br2ClN3O2+. The number of rotatable bonds is 2. The Kier molecular flexibility index (Phi) is 6.60. The van der Waals surface area contributed by atoms with E-state index in [1.165, 1.54) is 18.0 Å². The highest BCUT2D eigenvalue weighted by atomic mass is 79.9. The molecule has 0 unspecified atom stereocenters. The van der Waals surface area contributed by atoms with Crippen molar-refractivity contribution < 1.29 is 14.7 Å². The number of aromatic nitrogens is 2. The molecule has 1 saturated heterocycles. The summed E-state index contributed by atoms with van der Waals surface area (Å²) in [5.41, 5.74) is 7.40. The number of piperidine rings is 1. The monoisotopic (exact) mass is 600 g/mol. The number of amides is 1. The summed E-state index contributed by atoms with van der Waals surface area (Å²) in [5, 5.41) is 10.1. The molecule has 1 aromatic carbocycles. The molecule has 5 rings (SSSR count). The molecule has 3 aromatic rings. The zero-order valence-electron chi connectivity index (χ0n) is 18.1. The van der Waals surface area contributed by atoms with Crippen LogP contribution < -0.4 is 4.73 Å². The van der Waals surface area contributed by atoms with Crippen LogP contribution in [0.3, 0.4) is 0 Å². The molecule has 1 aliphatic heterocycles. The minimum atomic E-state index is 0.0955. The fourth-order valence-corrected chi connectivity index (χ4v) is 5.93. The lowest BCUT2D eigenvalue weighted by molar-refractivity contribution is -0.904. The normalized spacial score (nSPS) is 15.1. The summed E-state index contributed by atoms with van der Waals surface area (Å²) in [5.74, 6) is 0.0955. The number of nitrogens with zero attached hydrogens (tertiary/aromatic N) is 3. The molecule has 34 heavy (non-hydrogen) atoms. The van der Waals surface area contributed by atoms with Crippen molar-refractivity contribution in [2.45, 2.75) is 19.3 Å². The van der Waals surface area contributed by atoms with Gasteiger partial charge in [0.25, 0.3) is 0 Å². The van der Waals surface area contributed by atoms with Crippen molar-refractivity contribution in [3.8, 4) is 0 Å². The molecule has 1 N–H and O–H groups in total. The van der Waals surface area contributed by atoms with Crippen LogP contribution in [0.5, 0.6) is 0 Å². The number of carbonyl (C=O) groups excluding carboxylic acids is 1. The van der Waals surface area contributed by atoms with Gasteiger partial charge in [-0.1, -0.05) is 45.3 Å². The average molecular weight is 603 g/mol. The number of benzene rings is 1. The Balaban J connectivity index is 1.48. The van der Waals surface area contributed by atoms with Gasteiger partial charge in [0.1, 0.15) is 0 Å². The standard InChI is InChI=1S/C26H21Br2ClN3O2/c27-20-12-19-2-1-18-13-21(29)14-22(28)24(18)25(26(19)30-15-20)17-5-7-31(8-6-17)23(33)11-16-3-9-32(34)10-4-16/h1-4,9-10,12-15,34H,5-8,11H2/q+1. The summed E-state index contributed by atoms with van der Waals surface area (Å²) in [6.07, 6.45) is 10.9. The quantitative estimate of drug-likeness (QED) is 0.229. The molecule has 1 aliphatic carbocycles. The topological polar surface area (TPSA) is 57.3 Å². The Bertz CT molecular complexity index is 1340.